The van der Waals surface area contributed by atoms with Crippen LogP contribution in [-0.2, 0) is 16.5 Å². The fourth-order valence-corrected chi connectivity index (χ4v) is 5.23. The molecule has 0 atom stereocenters. The van der Waals surface area contributed by atoms with Crippen LogP contribution in [-0.4, -0.2) is 31.1 Å². The van der Waals surface area contributed by atoms with Crippen molar-refractivity contribution in [1.82, 2.24) is 0 Å². The zero-order valence-corrected chi connectivity index (χ0v) is 22.4. The standard InChI is InChI=1S/C26H21Cl2N3O6S/c1-3-14-8-10-19(27)25(38(34,35)36)22(14)30-31-23-17-7-5-4-6-15(17)12-18(24(23)32)26(33)29-21-11-9-16(37-2)13-20(21)28/h4-13,32H,3H2,1-2H3,(H,29,33)(H,34,35,36). The summed E-state index contributed by atoms with van der Waals surface area (Å²) in [6.07, 6.45) is 0.353. The molecule has 0 saturated heterocycles. The number of carbonyl (C=O) groups is 1. The van der Waals surface area contributed by atoms with Crippen LogP contribution in [0, 0.1) is 0 Å². The summed E-state index contributed by atoms with van der Waals surface area (Å²) in [4.78, 5) is 12.6. The summed E-state index contributed by atoms with van der Waals surface area (Å²) in [5.74, 6) is -0.670. The highest BCUT2D eigenvalue weighted by atomic mass is 35.5. The summed E-state index contributed by atoms with van der Waals surface area (Å²) in [5.41, 5.74) is 0.347. The predicted molar refractivity (Wildman–Crippen MR) is 146 cm³/mol. The van der Waals surface area contributed by atoms with Gasteiger partial charge in [0.2, 0.25) is 0 Å². The molecule has 4 aromatic rings. The lowest BCUT2D eigenvalue weighted by molar-refractivity contribution is 0.102. The molecule has 9 nitrogen and oxygen atoms in total. The number of carbonyl (C=O) groups excluding carboxylic acids is 1. The van der Waals surface area contributed by atoms with E-state index in [-0.39, 0.29) is 32.7 Å². The molecule has 4 aromatic carbocycles. The molecule has 0 spiro atoms. The van der Waals surface area contributed by atoms with E-state index in [4.69, 9.17) is 27.9 Å². The van der Waals surface area contributed by atoms with Crippen LogP contribution < -0.4 is 10.1 Å². The lowest BCUT2D eigenvalue weighted by Gasteiger charge is -2.13. The van der Waals surface area contributed by atoms with Gasteiger partial charge >= 0.3 is 0 Å². The highest BCUT2D eigenvalue weighted by Gasteiger charge is 2.24. The SMILES string of the molecule is CCc1ccc(Cl)c(S(=O)(=O)O)c1N=Nc1c(O)c(C(=O)Nc2ccc(OC)cc2Cl)cc2ccccc12. The second-order valence-corrected chi connectivity index (χ2v) is 10.2. The van der Waals surface area contributed by atoms with E-state index in [1.54, 1.807) is 49.4 Å². The number of aromatic hydroxyl groups is 1. The number of nitrogens with zero attached hydrogens (tertiary/aromatic N) is 2. The zero-order chi connectivity index (χ0) is 27.6. The van der Waals surface area contributed by atoms with Crippen LogP contribution in [0.3, 0.4) is 0 Å². The van der Waals surface area contributed by atoms with E-state index in [2.05, 4.69) is 15.5 Å². The van der Waals surface area contributed by atoms with Crippen molar-refractivity contribution >= 4 is 67.1 Å². The number of amides is 1. The first kappa shape index (κ1) is 27.3. The van der Waals surface area contributed by atoms with Gasteiger partial charge in [-0.15, -0.1) is 10.2 Å². The number of halogens is 2. The molecular weight excluding hydrogens is 553 g/mol. The maximum absolute atomic E-state index is 13.2. The van der Waals surface area contributed by atoms with Crippen LogP contribution >= 0.6 is 23.2 Å². The monoisotopic (exact) mass is 573 g/mol. The summed E-state index contributed by atoms with van der Waals surface area (Å²) in [6, 6.07) is 15.9. The van der Waals surface area contributed by atoms with Gasteiger partial charge in [0, 0.05) is 11.5 Å². The van der Waals surface area contributed by atoms with Gasteiger partial charge in [-0.25, -0.2) is 0 Å². The van der Waals surface area contributed by atoms with Gasteiger partial charge < -0.3 is 15.2 Å². The molecular formula is C26H21Cl2N3O6S. The van der Waals surface area contributed by atoms with Crippen molar-refractivity contribution in [3.05, 3.63) is 81.8 Å². The zero-order valence-electron chi connectivity index (χ0n) is 20.1. The first-order chi connectivity index (χ1) is 18.0. The van der Waals surface area contributed by atoms with Crippen molar-refractivity contribution in [3.8, 4) is 11.5 Å². The van der Waals surface area contributed by atoms with Crippen molar-refractivity contribution < 1.29 is 27.6 Å². The van der Waals surface area contributed by atoms with Crippen molar-refractivity contribution in [1.29, 1.82) is 0 Å². The van der Waals surface area contributed by atoms with Gasteiger partial charge in [-0.3, -0.25) is 9.35 Å². The summed E-state index contributed by atoms with van der Waals surface area (Å²) in [7, 11) is -3.27. The lowest BCUT2D eigenvalue weighted by Crippen LogP contribution is -2.12. The third kappa shape index (κ3) is 5.44. The third-order valence-corrected chi connectivity index (χ3v) is 7.39. The van der Waals surface area contributed by atoms with Crippen molar-refractivity contribution in [2.45, 2.75) is 18.2 Å². The normalized spacial score (nSPS) is 11.7. The van der Waals surface area contributed by atoms with Crippen molar-refractivity contribution in [2.75, 3.05) is 12.4 Å². The number of fused-ring (bicyclic) bond motifs is 1. The number of anilines is 1. The average Bonchev–Trinajstić information content (AvgIpc) is 2.88. The second-order valence-electron chi connectivity index (χ2n) is 8.06. The number of ether oxygens (including phenoxy) is 1. The van der Waals surface area contributed by atoms with Crippen molar-refractivity contribution in [2.24, 2.45) is 10.2 Å². The Kier molecular flexibility index (Phi) is 7.89. The molecule has 196 valence electrons. The van der Waals surface area contributed by atoms with Gasteiger partial charge in [-0.05, 0) is 41.6 Å². The summed E-state index contributed by atoms with van der Waals surface area (Å²) < 4.78 is 39.0. The van der Waals surface area contributed by atoms with Gasteiger partial charge in [-0.1, -0.05) is 60.5 Å². The minimum atomic E-state index is -4.75. The van der Waals surface area contributed by atoms with Gasteiger partial charge in [0.1, 0.15) is 22.0 Å². The molecule has 0 saturated carbocycles. The molecule has 0 bridgehead atoms. The molecule has 12 heteroatoms. The fraction of sp³-hybridized carbons (Fsp3) is 0.115. The highest BCUT2D eigenvalue weighted by molar-refractivity contribution is 7.86. The lowest BCUT2D eigenvalue weighted by atomic mass is 10.0. The Morgan fingerprint density at radius 2 is 1.71 bits per heavy atom. The van der Waals surface area contributed by atoms with Crippen molar-refractivity contribution in [3.63, 3.8) is 0 Å². The Balaban J connectivity index is 1.86. The highest BCUT2D eigenvalue weighted by Crippen LogP contribution is 2.42. The number of hydrogen-bond donors (Lipinski definition) is 3. The van der Waals surface area contributed by atoms with E-state index < -0.39 is 26.7 Å². The van der Waals surface area contributed by atoms with Crippen LogP contribution in [0.15, 0.2) is 75.8 Å². The molecule has 0 aliphatic heterocycles. The number of rotatable bonds is 7. The van der Waals surface area contributed by atoms with Gasteiger partial charge in [-0.2, -0.15) is 8.42 Å². The van der Waals surface area contributed by atoms with E-state index in [9.17, 15) is 22.9 Å². The number of phenolic OH excluding ortho intramolecular Hbond substituents is 1. The summed E-state index contributed by atoms with van der Waals surface area (Å²) >= 11 is 12.3. The molecule has 0 radical (unpaired) electrons. The number of hydrogen-bond acceptors (Lipinski definition) is 7. The van der Waals surface area contributed by atoms with E-state index in [1.807, 2.05) is 0 Å². The second kappa shape index (κ2) is 11.0. The molecule has 0 aliphatic carbocycles. The van der Waals surface area contributed by atoms with E-state index >= 15 is 0 Å². The molecule has 3 N–H and O–H groups in total. The summed E-state index contributed by atoms with van der Waals surface area (Å²) in [6.45, 7) is 1.76. The first-order valence-corrected chi connectivity index (χ1v) is 13.3. The Morgan fingerprint density at radius 1 is 1.00 bits per heavy atom. The fourth-order valence-electron chi connectivity index (χ4n) is 3.83. The van der Waals surface area contributed by atoms with Crippen LogP contribution in [0.1, 0.15) is 22.8 Å². The molecule has 0 unspecified atom stereocenters. The first-order valence-electron chi connectivity index (χ1n) is 11.1. The van der Waals surface area contributed by atoms with Gasteiger partial charge in [0.25, 0.3) is 16.0 Å². The number of azo groups is 1. The van der Waals surface area contributed by atoms with Crippen LogP contribution in [0.25, 0.3) is 10.8 Å². The Bertz CT molecular complexity index is 1710. The molecule has 0 aliphatic rings. The van der Waals surface area contributed by atoms with E-state index in [1.165, 1.54) is 25.3 Å². The summed E-state index contributed by atoms with van der Waals surface area (Å²) in [5, 5.41) is 23.0. The van der Waals surface area contributed by atoms with E-state index in [0.29, 0.717) is 28.5 Å². The molecule has 0 aromatic heterocycles. The minimum absolute atomic E-state index is 0.0857. The number of aryl methyl sites for hydroxylation is 1. The average molecular weight is 574 g/mol. The van der Waals surface area contributed by atoms with Gasteiger partial charge in [0.15, 0.2) is 5.75 Å². The third-order valence-electron chi connectivity index (χ3n) is 5.72. The number of phenols is 1. The minimum Gasteiger partial charge on any atom is -0.505 e. The molecule has 38 heavy (non-hydrogen) atoms. The molecule has 0 heterocycles. The number of methoxy groups -OCH3 is 1. The Morgan fingerprint density at radius 3 is 2.37 bits per heavy atom. The molecule has 1 amide bonds. The maximum atomic E-state index is 13.2. The predicted octanol–water partition coefficient (Wildman–Crippen LogP) is 7.34. The van der Waals surface area contributed by atoms with E-state index in [0.717, 1.165) is 0 Å². The number of nitrogens with one attached hydrogen (secondary N) is 1. The van der Waals surface area contributed by atoms with Crippen LogP contribution in [0.2, 0.25) is 10.0 Å². The van der Waals surface area contributed by atoms with Gasteiger partial charge in [0.05, 0.1) is 28.4 Å². The Hall–Kier alpha value is -3.70. The largest absolute Gasteiger partial charge is 0.505 e. The van der Waals surface area contributed by atoms with Crippen LogP contribution in [0.5, 0.6) is 11.5 Å². The smallest absolute Gasteiger partial charge is 0.298 e. The molecule has 4 rings (SSSR count). The molecule has 0 fully saturated rings. The number of benzene rings is 4. The quantitative estimate of drug-likeness (QED) is 0.156. The Labute approximate surface area is 228 Å². The van der Waals surface area contributed by atoms with Crippen LogP contribution in [0.4, 0.5) is 17.1 Å². The maximum Gasteiger partial charge on any atom is 0.298 e. The topological polar surface area (TPSA) is 138 Å².